The highest BCUT2D eigenvalue weighted by atomic mass is 16.5. The predicted molar refractivity (Wildman–Crippen MR) is 86.7 cm³/mol. The molecule has 24 heavy (non-hydrogen) atoms. The monoisotopic (exact) mass is 326 g/mol. The summed E-state index contributed by atoms with van der Waals surface area (Å²) in [6, 6.07) is 11.7. The molecule has 1 unspecified atom stereocenters. The molecule has 0 bridgehead atoms. The zero-order valence-corrected chi connectivity index (χ0v) is 13.1. The number of ether oxygens (including phenoxy) is 1. The molecule has 0 radical (unpaired) electrons. The van der Waals surface area contributed by atoms with Gasteiger partial charge in [0.05, 0.1) is 24.0 Å². The Morgan fingerprint density at radius 3 is 2.58 bits per heavy atom. The number of carbonyl (C=O) groups excluding carboxylic acids is 1. The molecule has 2 heterocycles. The molecule has 1 aromatic carbocycles. The normalized spacial score (nSPS) is 17.0. The molecule has 1 aliphatic heterocycles. The van der Waals surface area contributed by atoms with Crippen LogP contribution < -0.4 is 0 Å². The van der Waals surface area contributed by atoms with Crippen LogP contribution in [0.4, 0.5) is 0 Å². The number of amides is 1. The van der Waals surface area contributed by atoms with E-state index in [2.05, 4.69) is 4.98 Å². The van der Waals surface area contributed by atoms with Crippen molar-refractivity contribution in [1.29, 1.82) is 0 Å². The Morgan fingerprint density at radius 1 is 1.17 bits per heavy atom. The highest BCUT2D eigenvalue weighted by Gasteiger charge is 2.27. The first kappa shape index (κ1) is 16.1. The van der Waals surface area contributed by atoms with Crippen molar-refractivity contribution in [3.63, 3.8) is 0 Å². The molecule has 6 nitrogen and oxygen atoms in total. The quantitative estimate of drug-likeness (QED) is 0.911. The van der Waals surface area contributed by atoms with Gasteiger partial charge < -0.3 is 14.7 Å². The lowest BCUT2D eigenvalue weighted by atomic mass is 10.1. The average Bonchev–Trinajstić information content (AvgIpc) is 3.09. The molecule has 124 valence electrons. The largest absolute Gasteiger partial charge is 0.478 e. The van der Waals surface area contributed by atoms with E-state index in [1.807, 2.05) is 18.2 Å². The minimum Gasteiger partial charge on any atom is -0.478 e. The fourth-order valence-corrected chi connectivity index (χ4v) is 2.67. The molecule has 1 atom stereocenters. The molecular weight excluding hydrogens is 308 g/mol. The van der Waals surface area contributed by atoms with Crippen molar-refractivity contribution >= 4 is 11.9 Å². The lowest BCUT2D eigenvalue weighted by Crippen LogP contribution is -2.30. The topological polar surface area (TPSA) is 79.7 Å². The summed E-state index contributed by atoms with van der Waals surface area (Å²) in [7, 11) is 0. The number of carboxylic acid groups (broad SMARTS) is 1. The van der Waals surface area contributed by atoms with Gasteiger partial charge in [-0.3, -0.25) is 9.78 Å². The third-order valence-corrected chi connectivity index (χ3v) is 4.00. The molecule has 6 heteroatoms. The van der Waals surface area contributed by atoms with Gasteiger partial charge in [-0.05, 0) is 42.8 Å². The second kappa shape index (κ2) is 7.23. The Balaban J connectivity index is 1.54. The molecule has 1 aliphatic rings. The summed E-state index contributed by atoms with van der Waals surface area (Å²) in [4.78, 5) is 29.3. The molecular formula is C18H18N2O4. The first-order chi connectivity index (χ1) is 11.6. The Kier molecular flexibility index (Phi) is 4.86. The molecule has 1 fully saturated rings. The lowest BCUT2D eigenvalue weighted by molar-refractivity contribution is 0.0422. The SMILES string of the molecule is O=C(O)c1ccc(C(=O)N2CCC(OCc3ccccn3)C2)cc1. The molecule has 3 rings (SSSR count). The number of pyridine rings is 1. The van der Waals surface area contributed by atoms with Gasteiger partial charge in [0.2, 0.25) is 0 Å². The number of hydrogen-bond acceptors (Lipinski definition) is 4. The number of hydrogen-bond donors (Lipinski definition) is 1. The van der Waals surface area contributed by atoms with Gasteiger partial charge in [0.15, 0.2) is 0 Å². The fraction of sp³-hybridized carbons (Fsp3) is 0.278. The summed E-state index contributed by atoms with van der Waals surface area (Å²) in [6.45, 7) is 1.60. The van der Waals surface area contributed by atoms with Crippen LogP contribution in [-0.2, 0) is 11.3 Å². The molecule has 1 amide bonds. The number of carboxylic acids is 1. The van der Waals surface area contributed by atoms with E-state index in [1.54, 1.807) is 23.2 Å². The molecule has 0 aliphatic carbocycles. The zero-order chi connectivity index (χ0) is 16.9. The highest BCUT2D eigenvalue weighted by Crippen LogP contribution is 2.17. The number of nitrogens with zero attached hydrogens (tertiary/aromatic N) is 2. The van der Waals surface area contributed by atoms with Gasteiger partial charge in [-0.15, -0.1) is 0 Å². The van der Waals surface area contributed by atoms with E-state index in [0.717, 1.165) is 12.1 Å². The predicted octanol–water partition coefficient (Wildman–Crippen LogP) is 2.21. The third-order valence-electron chi connectivity index (χ3n) is 4.00. The van der Waals surface area contributed by atoms with E-state index >= 15 is 0 Å². The molecule has 1 aromatic heterocycles. The summed E-state index contributed by atoms with van der Waals surface area (Å²) in [5.74, 6) is -1.10. The number of benzene rings is 1. The standard InChI is InChI=1S/C18H18N2O4/c21-17(13-4-6-14(7-5-13)18(22)23)20-10-8-16(11-20)24-12-15-3-1-2-9-19-15/h1-7,9,16H,8,10-12H2,(H,22,23). The van der Waals surface area contributed by atoms with Gasteiger partial charge in [-0.2, -0.15) is 0 Å². The van der Waals surface area contributed by atoms with Crippen molar-refractivity contribution in [3.05, 3.63) is 65.5 Å². The summed E-state index contributed by atoms with van der Waals surface area (Å²) in [5, 5.41) is 8.90. The van der Waals surface area contributed by atoms with Crippen molar-refractivity contribution in [2.45, 2.75) is 19.1 Å². The van der Waals surface area contributed by atoms with Crippen molar-refractivity contribution in [2.75, 3.05) is 13.1 Å². The van der Waals surface area contributed by atoms with Gasteiger partial charge in [0.1, 0.15) is 0 Å². The van der Waals surface area contributed by atoms with E-state index < -0.39 is 5.97 Å². The Hall–Kier alpha value is -2.73. The minimum atomic E-state index is -1.00. The summed E-state index contributed by atoms with van der Waals surface area (Å²) >= 11 is 0. The molecule has 0 spiro atoms. The third kappa shape index (κ3) is 3.78. The van der Waals surface area contributed by atoms with Crippen molar-refractivity contribution in [1.82, 2.24) is 9.88 Å². The summed E-state index contributed by atoms with van der Waals surface area (Å²) < 4.78 is 5.82. The van der Waals surface area contributed by atoms with Crippen LogP contribution in [0, 0.1) is 0 Å². The fourth-order valence-electron chi connectivity index (χ4n) is 2.67. The second-order valence-electron chi connectivity index (χ2n) is 5.68. The zero-order valence-electron chi connectivity index (χ0n) is 13.1. The van der Waals surface area contributed by atoms with Crippen molar-refractivity contribution in [2.24, 2.45) is 0 Å². The van der Waals surface area contributed by atoms with Crippen molar-refractivity contribution in [3.8, 4) is 0 Å². The van der Waals surface area contributed by atoms with Crippen molar-refractivity contribution < 1.29 is 19.4 Å². The number of rotatable bonds is 5. The van der Waals surface area contributed by atoms with E-state index in [4.69, 9.17) is 9.84 Å². The first-order valence-corrected chi connectivity index (χ1v) is 7.77. The summed E-state index contributed by atoms with van der Waals surface area (Å²) in [6.07, 6.45) is 2.50. The van der Waals surface area contributed by atoms with Crippen LogP contribution in [-0.4, -0.2) is 46.1 Å². The van der Waals surface area contributed by atoms with Gasteiger partial charge in [-0.1, -0.05) is 6.07 Å². The molecule has 1 saturated heterocycles. The maximum absolute atomic E-state index is 12.5. The van der Waals surface area contributed by atoms with Crippen LogP contribution in [0.25, 0.3) is 0 Å². The smallest absolute Gasteiger partial charge is 0.335 e. The maximum atomic E-state index is 12.5. The average molecular weight is 326 g/mol. The van der Waals surface area contributed by atoms with Gasteiger partial charge >= 0.3 is 5.97 Å². The van der Waals surface area contributed by atoms with Crippen LogP contribution in [0.5, 0.6) is 0 Å². The van der Waals surface area contributed by atoms with Crippen LogP contribution in [0.1, 0.15) is 32.8 Å². The highest BCUT2D eigenvalue weighted by molar-refractivity contribution is 5.96. The van der Waals surface area contributed by atoms with Crippen LogP contribution >= 0.6 is 0 Å². The van der Waals surface area contributed by atoms with Crippen LogP contribution in [0.3, 0.4) is 0 Å². The molecule has 0 saturated carbocycles. The van der Waals surface area contributed by atoms with Gasteiger partial charge in [-0.25, -0.2) is 4.79 Å². The van der Waals surface area contributed by atoms with Crippen LogP contribution in [0.15, 0.2) is 48.7 Å². The van der Waals surface area contributed by atoms with Crippen LogP contribution in [0.2, 0.25) is 0 Å². The van der Waals surface area contributed by atoms with Gasteiger partial charge in [0.25, 0.3) is 5.91 Å². The minimum absolute atomic E-state index is 0.00533. The number of aromatic nitrogens is 1. The number of carbonyl (C=O) groups is 2. The van der Waals surface area contributed by atoms with E-state index in [-0.39, 0.29) is 17.6 Å². The van der Waals surface area contributed by atoms with Gasteiger partial charge in [0, 0.05) is 24.8 Å². The second-order valence-corrected chi connectivity index (χ2v) is 5.68. The molecule has 1 N–H and O–H groups in total. The lowest BCUT2D eigenvalue weighted by Gasteiger charge is -2.17. The number of aromatic carboxylic acids is 1. The molecule has 2 aromatic rings. The van der Waals surface area contributed by atoms with E-state index in [1.165, 1.54) is 12.1 Å². The van der Waals surface area contributed by atoms with E-state index in [9.17, 15) is 9.59 Å². The first-order valence-electron chi connectivity index (χ1n) is 7.77. The summed E-state index contributed by atoms with van der Waals surface area (Å²) in [5.41, 5.74) is 1.53. The maximum Gasteiger partial charge on any atom is 0.335 e. The Bertz CT molecular complexity index is 716. The number of likely N-dealkylation sites (tertiary alicyclic amines) is 1. The Morgan fingerprint density at radius 2 is 1.92 bits per heavy atom. The van der Waals surface area contributed by atoms with E-state index in [0.29, 0.717) is 25.3 Å². The Labute approximate surface area is 139 Å².